The van der Waals surface area contributed by atoms with Crippen LogP contribution in [0.1, 0.15) is 12.5 Å². The minimum absolute atomic E-state index is 0.0920. The standard InChI is InChI=1S/C15H15NO3S2/c1-12-8-10-15(11-9-12)21(17,18)19-16-13(2)20-14-6-4-3-5-7-14/h3-11H,1-2H3. The molecule has 0 N–H and O–H groups in total. The third kappa shape index (κ3) is 4.61. The zero-order valence-corrected chi connectivity index (χ0v) is 13.3. The monoisotopic (exact) mass is 321 g/mol. The van der Waals surface area contributed by atoms with E-state index in [1.807, 2.05) is 37.3 Å². The van der Waals surface area contributed by atoms with E-state index in [0.717, 1.165) is 10.5 Å². The predicted octanol–water partition coefficient (Wildman–Crippen LogP) is 3.83. The molecule has 0 radical (unpaired) electrons. The van der Waals surface area contributed by atoms with E-state index in [9.17, 15) is 8.42 Å². The van der Waals surface area contributed by atoms with E-state index in [4.69, 9.17) is 4.28 Å². The third-order valence-electron chi connectivity index (χ3n) is 2.58. The van der Waals surface area contributed by atoms with Gasteiger partial charge in [0.15, 0.2) is 0 Å². The first-order valence-electron chi connectivity index (χ1n) is 6.25. The van der Waals surface area contributed by atoms with E-state index in [0.29, 0.717) is 5.04 Å². The predicted molar refractivity (Wildman–Crippen MR) is 84.9 cm³/mol. The highest BCUT2D eigenvalue weighted by Crippen LogP contribution is 2.20. The molecule has 6 heteroatoms. The van der Waals surface area contributed by atoms with Crippen LogP contribution in [-0.4, -0.2) is 13.5 Å². The minimum atomic E-state index is -3.87. The van der Waals surface area contributed by atoms with Gasteiger partial charge in [0, 0.05) is 4.90 Å². The van der Waals surface area contributed by atoms with Crippen molar-refractivity contribution in [1.82, 2.24) is 0 Å². The van der Waals surface area contributed by atoms with Crippen LogP contribution in [0.3, 0.4) is 0 Å². The van der Waals surface area contributed by atoms with Crippen molar-refractivity contribution < 1.29 is 12.7 Å². The van der Waals surface area contributed by atoms with Gasteiger partial charge in [0.1, 0.15) is 9.94 Å². The molecule has 0 amide bonds. The van der Waals surface area contributed by atoms with E-state index in [1.54, 1.807) is 19.1 Å². The van der Waals surface area contributed by atoms with Crippen LogP contribution in [0.4, 0.5) is 0 Å². The van der Waals surface area contributed by atoms with Crippen LogP contribution >= 0.6 is 11.8 Å². The van der Waals surface area contributed by atoms with Crippen molar-refractivity contribution in [3.8, 4) is 0 Å². The summed E-state index contributed by atoms with van der Waals surface area (Å²) in [6.07, 6.45) is 0. The fourth-order valence-corrected chi connectivity index (χ4v) is 3.05. The summed E-state index contributed by atoms with van der Waals surface area (Å²) in [7, 11) is -3.87. The Bertz CT molecular complexity index is 723. The summed E-state index contributed by atoms with van der Waals surface area (Å²) in [6, 6.07) is 16.0. The number of nitrogens with zero attached hydrogens (tertiary/aromatic N) is 1. The Morgan fingerprint density at radius 3 is 2.29 bits per heavy atom. The highest BCUT2D eigenvalue weighted by Gasteiger charge is 2.15. The second kappa shape index (κ2) is 6.78. The summed E-state index contributed by atoms with van der Waals surface area (Å²) < 4.78 is 28.7. The molecule has 2 rings (SSSR count). The van der Waals surface area contributed by atoms with E-state index in [2.05, 4.69) is 5.16 Å². The van der Waals surface area contributed by atoms with Gasteiger partial charge < -0.3 is 0 Å². The highest BCUT2D eigenvalue weighted by molar-refractivity contribution is 8.13. The third-order valence-corrected chi connectivity index (χ3v) is 4.58. The van der Waals surface area contributed by atoms with E-state index >= 15 is 0 Å². The van der Waals surface area contributed by atoms with Gasteiger partial charge in [-0.25, -0.2) is 0 Å². The average Bonchev–Trinajstić information content (AvgIpc) is 2.47. The lowest BCUT2D eigenvalue weighted by Gasteiger charge is -2.03. The molecule has 0 fully saturated rings. The fraction of sp³-hybridized carbons (Fsp3) is 0.133. The average molecular weight is 321 g/mol. The molecule has 0 heterocycles. The normalized spacial score (nSPS) is 12.2. The van der Waals surface area contributed by atoms with Crippen LogP contribution < -0.4 is 0 Å². The van der Waals surface area contributed by atoms with Gasteiger partial charge in [0.25, 0.3) is 0 Å². The van der Waals surface area contributed by atoms with Gasteiger partial charge in [-0.3, -0.25) is 4.28 Å². The second-order valence-corrected chi connectivity index (χ2v) is 7.16. The van der Waals surface area contributed by atoms with Gasteiger partial charge >= 0.3 is 10.1 Å². The molecular formula is C15H15NO3S2. The zero-order chi connectivity index (χ0) is 15.3. The summed E-state index contributed by atoms with van der Waals surface area (Å²) in [5.74, 6) is 0. The van der Waals surface area contributed by atoms with Crippen LogP contribution in [0.5, 0.6) is 0 Å². The van der Waals surface area contributed by atoms with E-state index in [-0.39, 0.29) is 4.90 Å². The number of rotatable bonds is 4. The molecule has 0 saturated heterocycles. The van der Waals surface area contributed by atoms with Crippen molar-refractivity contribution in [2.45, 2.75) is 23.6 Å². The first-order valence-corrected chi connectivity index (χ1v) is 8.48. The Kier molecular flexibility index (Phi) is 5.03. The van der Waals surface area contributed by atoms with Crippen molar-refractivity contribution in [1.29, 1.82) is 0 Å². The number of hydrogen-bond acceptors (Lipinski definition) is 5. The Labute approximate surface area is 129 Å². The molecule has 0 aromatic heterocycles. The van der Waals surface area contributed by atoms with Crippen molar-refractivity contribution in [2.24, 2.45) is 5.16 Å². The summed E-state index contributed by atoms with van der Waals surface area (Å²) >= 11 is 1.34. The molecule has 0 aliphatic heterocycles. The fourth-order valence-electron chi connectivity index (χ4n) is 1.53. The number of aryl methyl sites for hydroxylation is 1. The maximum absolute atomic E-state index is 12.0. The molecule has 110 valence electrons. The van der Waals surface area contributed by atoms with E-state index in [1.165, 1.54) is 23.9 Å². The summed E-state index contributed by atoms with van der Waals surface area (Å²) in [5, 5.41) is 4.19. The molecule has 0 aliphatic rings. The zero-order valence-electron chi connectivity index (χ0n) is 11.7. The van der Waals surface area contributed by atoms with Crippen molar-refractivity contribution in [3.63, 3.8) is 0 Å². The van der Waals surface area contributed by atoms with Gasteiger partial charge in [0.05, 0.1) is 0 Å². The molecule has 21 heavy (non-hydrogen) atoms. The van der Waals surface area contributed by atoms with Crippen molar-refractivity contribution in [3.05, 3.63) is 60.2 Å². The summed E-state index contributed by atoms with van der Waals surface area (Å²) in [4.78, 5) is 1.06. The highest BCUT2D eigenvalue weighted by atomic mass is 32.2. The number of thioether (sulfide) groups is 1. The molecule has 0 unspecified atom stereocenters. The summed E-state index contributed by atoms with van der Waals surface area (Å²) in [6.45, 7) is 3.58. The lowest BCUT2D eigenvalue weighted by Crippen LogP contribution is -2.03. The molecular weight excluding hydrogens is 306 g/mol. The largest absolute Gasteiger partial charge is 0.358 e. The van der Waals surface area contributed by atoms with Gasteiger partial charge in [0.2, 0.25) is 0 Å². The molecule has 2 aromatic carbocycles. The van der Waals surface area contributed by atoms with Crippen LogP contribution in [0, 0.1) is 6.92 Å². The van der Waals surface area contributed by atoms with Gasteiger partial charge in [-0.2, -0.15) is 8.42 Å². The van der Waals surface area contributed by atoms with Gasteiger partial charge in [-0.05, 0) is 38.1 Å². The number of benzene rings is 2. The molecule has 0 spiro atoms. The lowest BCUT2D eigenvalue weighted by atomic mass is 10.2. The molecule has 2 aromatic rings. The Balaban J connectivity index is 2.06. The van der Waals surface area contributed by atoms with Crippen LogP contribution in [0.2, 0.25) is 0 Å². The quantitative estimate of drug-likeness (QED) is 0.372. The van der Waals surface area contributed by atoms with E-state index < -0.39 is 10.1 Å². The van der Waals surface area contributed by atoms with Crippen molar-refractivity contribution in [2.75, 3.05) is 0 Å². The first-order chi connectivity index (χ1) is 9.97. The Morgan fingerprint density at radius 1 is 1.05 bits per heavy atom. The lowest BCUT2D eigenvalue weighted by molar-refractivity contribution is 0.340. The van der Waals surface area contributed by atoms with Crippen LogP contribution in [0.15, 0.2) is 69.5 Å². The smallest absolute Gasteiger partial charge is 0.264 e. The summed E-state index contributed by atoms with van der Waals surface area (Å²) in [5.41, 5.74) is 0.980. The maximum atomic E-state index is 12.0. The molecule has 0 saturated carbocycles. The van der Waals surface area contributed by atoms with Crippen LogP contribution in [-0.2, 0) is 14.4 Å². The van der Waals surface area contributed by atoms with Crippen LogP contribution in [0.25, 0.3) is 0 Å². The van der Waals surface area contributed by atoms with Gasteiger partial charge in [-0.15, -0.1) is 0 Å². The number of hydrogen-bond donors (Lipinski definition) is 0. The molecule has 0 atom stereocenters. The SMILES string of the molecule is CC(=NOS(=O)(=O)c1ccc(C)cc1)Sc1ccccc1. The topological polar surface area (TPSA) is 55.7 Å². The number of oxime groups is 1. The minimum Gasteiger partial charge on any atom is -0.264 e. The maximum Gasteiger partial charge on any atom is 0.358 e. The van der Waals surface area contributed by atoms with Crippen molar-refractivity contribution >= 4 is 26.9 Å². The van der Waals surface area contributed by atoms with Gasteiger partial charge in [-0.1, -0.05) is 52.8 Å². The Morgan fingerprint density at radius 2 is 1.67 bits per heavy atom. The first kappa shape index (κ1) is 15.6. The second-order valence-electron chi connectivity index (χ2n) is 4.37. The Hall–Kier alpha value is -1.79. The molecule has 4 nitrogen and oxygen atoms in total. The molecule has 0 bridgehead atoms. The molecule has 0 aliphatic carbocycles.